The maximum atomic E-state index is 4.50. The fourth-order valence-corrected chi connectivity index (χ4v) is 3.62. The van der Waals surface area contributed by atoms with E-state index in [4.69, 9.17) is 0 Å². The molecule has 0 aromatic heterocycles. The molecule has 2 atom stereocenters. The first kappa shape index (κ1) is 9.39. The van der Waals surface area contributed by atoms with E-state index in [0.717, 1.165) is 5.08 Å². The third-order valence-electron chi connectivity index (χ3n) is 1.08. The molecule has 11 heavy (non-hydrogen) atoms. The number of hydrogen-bond acceptors (Lipinski definition) is 6. The van der Waals surface area contributed by atoms with Crippen LogP contribution >= 0.6 is 48.0 Å². The van der Waals surface area contributed by atoms with Gasteiger partial charge in [-0.25, -0.2) is 9.98 Å². The van der Waals surface area contributed by atoms with Crippen molar-refractivity contribution in [2.75, 3.05) is 5.08 Å². The molecule has 0 N–H and O–H groups in total. The second-order valence-electron chi connectivity index (χ2n) is 1.67. The van der Waals surface area contributed by atoms with Crippen molar-refractivity contribution in [1.82, 2.24) is 0 Å². The number of aliphatic imine (C=N–C) groups is 2. The first-order valence-corrected chi connectivity index (χ1v) is 5.67. The molecule has 1 aliphatic heterocycles. The van der Waals surface area contributed by atoms with Crippen LogP contribution in [0.25, 0.3) is 0 Å². The summed E-state index contributed by atoms with van der Waals surface area (Å²) in [6.07, 6.45) is 0. The third-order valence-corrected chi connectivity index (χ3v) is 3.96. The Hall–Kier alpha value is 0.300. The smallest absolute Gasteiger partial charge is 0.139 e. The molecule has 0 aromatic carbocycles. The van der Waals surface area contributed by atoms with Gasteiger partial charge in [-0.15, -0.1) is 23.5 Å². The van der Waals surface area contributed by atoms with Crippen molar-refractivity contribution in [3.8, 4) is 0 Å². The third kappa shape index (κ3) is 2.67. The molecule has 1 saturated heterocycles. The molecule has 0 amide bonds. The highest BCUT2D eigenvalue weighted by molar-refractivity contribution is 8.19. The average Bonchev–Trinajstić information content (AvgIpc) is 2.39. The first-order valence-electron chi connectivity index (χ1n) is 2.75. The van der Waals surface area contributed by atoms with Crippen LogP contribution in [0.3, 0.4) is 0 Å². The van der Waals surface area contributed by atoms with E-state index in [9.17, 15) is 0 Å². The van der Waals surface area contributed by atoms with Gasteiger partial charge in [0.2, 0.25) is 0 Å². The second kappa shape index (κ2) is 5.04. The van der Waals surface area contributed by atoms with Gasteiger partial charge in [-0.2, -0.15) is 0 Å². The lowest BCUT2D eigenvalue weighted by Crippen LogP contribution is -2.08. The molecule has 0 saturated carbocycles. The molecule has 1 rings (SSSR count). The van der Waals surface area contributed by atoms with Crippen LogP contribution in [0, 0.1) is 0 Å². The Balaban J connectivity index is 2.64. The summed E-state index contributed by atoms with van der Waals surface area (Å²) in [6.45, 7) is 0. The van der Waals surface area contributed by atoms with Gasteiger partial charge >= 0.3 is 0 Å². The lowest BCUT2D eigenvalue weighted by Gasteiger charge is -2.03. The van der Waals surface area contributed by atoms with E-state index in [2.05, 4.69) is 44.7 Å². The molecular formula is C5H4N2S4. The molecule has 6 heteroatoms. The molecule has 0 aromatic rings. The minimum atomic E-state index is 0.0907. The SMILES string of the molecule is S=C=NC1SCSC1N=C=S. The molecule has 1 heterocycles. The fourth-order valence-electron chi connectivity index (χ4n) is 0.649. The Bertz CT molecular complexity index is 205. The minimum absolute atomic E-state index is 0.0907. The Morgan fingerprint density at radius 3 is 1.91 bits per heavy atom. The van der Waals surface area contributed by atoms with Gasteiger partial charge in [0.05, 0.1) is 10.3 Å². The van der Waals surface area contributed by atoms with Gasteiger partial charge in [-0.05, 0) is 24.4 Å². The molecule has 0 bridgehead atoms. The highest BCUT2D eigenvalue weighted by atomic mass is 32.2. The summed E-state index contributed by atoms with van der Waals surface area (Å²) in [6, 6.07) is 0. The maximum absolute atomic E-state index is 4.50. The van der Waals surface area contributed by atoms with E-state index >= 15 is 0 Å². The summed E-state index contributed by atoms with van der Waals surface area (Å²) in [7, 11) is 0. The van der Waals surface area contributed by atoms with Crippen LogP contribution < -0.4 is 0 Å². The zero-order valence-corrected chi connectivity index (χ0v) is 8.66. The summed E-state index contributed by atoms with van der Waals surface area (Å²) in [5.41, 5.74) is 0. The summed E-state index contributed by atoms with van der Waals surface area (Å²) in [4.78, 5) is 7.90. The first-order chi connectivity index (χ1) is 5.38. The Kier molecular flexibility index (Phi) is 4.30. The van der Waals surface area contributed by atoms with Gasteiger partial charge in [0.15, 0.2) is 0 Å². The Morgan fingerprint density at radius 1 is 1.09 bits per heavy atom. The van der Waals surface area contributed by atoms with E-state index in [1.54, 1.807) is 23.5 Å². The van der Waals surface area contributed by atoms with Crippen molar-refractivity contribution in [1.29, 1.82) is 0 Å². The van der Waals surface area contributed by atoms with Gasteiger partial charge in [0, 0.05) is 5.08 Å². The van der Waals surface area contributed by atoms with E-state index in [-0.39, 0.29) is 10.7 Å². The highest BCUT2D eigenvalue weighted by Crippen LogP contribution is 2.37. The van der Waals surface area contributed by atoms with Gasteiger partial charge < -0.3 is 0 Å². The molecular weight excluding hydrogens is 216 g/mol. The molecule has 1 fully saturated rings. The van der Waals surface area contributed by atoms with Crippen LogP contribution in [-0.2, 0) is 0 Å². The normalized spacial score (nSPS) is 28.7. The second-order valence-corrected chi connectivity index (χ2v) is 4.61. The van der Waals surface area contributed by atoms with Crippen LogP contribution in [0.2, 0.25) is 0 Å². The summed E-state index contributed by atoms with van der Waals surface area (Å²) in [5, 5.41) is 5.86. The van der Waals surface area contributed by atoms with Crippen molar-refractivity contribution in [2.24, 2.45) is 9.98 Å². The fraction of sp³-hybridized carbons (Fsp3) is 0.600. The van der Waals surface area contributed by atoms with Gasteiger partial charge in [0.25, 0.3) is 0 Å². The maximum Gasteiger partial charge on any atom is 0.139 e. The number of hydrogen-bond donors (Lipinski definition) is 0. The Morgan fingerprint density at radius 2 is 1.55 bits per heavy atom. The van der Waals surface area contributed by atoms with Crippen LogP contribution in [0.15, 0.2) is 9.98 Å². The van der Waals surface area contributed by atoms with Gasteiger partial charge in [-0.1, -0.05) is 0 Å². The zero-order chi connectivity index (χ0) is 8.10. The lowest BCUT2D eigenvalue weighted by molar-refractivity contribution is 0.881. The van der Waals surface area contributed by atoms with Crippen LogP contribution in [0.4, 0.5) is 0 Å². The van der Waals surface area contributed by atoms with Crippen molar-refractivity contribution in [2.45, 2.75) is 10.7 Å². The highest BCUT2D eigenvalue weighted by Gasteiger charge is 2.27. The molecule has 0 aliphatic carbocycles. The number of rotatable bonds is 2. The average molecular weight is 220 g/mol. The molecule has 2 unspecified atom stereocenters. The molecule has 58 valence electrons. The van der Waals surface area contributed by atoms with Gasteiger partial charge in [0.1, 0.15) is 10.7 Å². The predicted octanol–water partition coefficient (Wildman–Crippen LogP) is 2.28. The molecule has 0 radical (unpaired) electrons. The number of isothiocyanates is 2. The van der Waals surface area contributed by atoms with E-state index in [0.29, 0.717) is 0 Å². The lowest BCUT2D eigenvalue weighted by atomic mass is 10.6. The van der Waals surface area contributed by atoms with Crippen molar-refractivity contribution in [3.63, 3.8) is 0 Å². The summed E-state index contributed by atoms with van der Waals surface area (Å²) < 4.78 is 0. The van der Waals surface area contributed by atoms with E-state index < -0.39 is 0 Å². The largest absolute Gasteiger partial charge is 0.215 e. The topological polar surface area (TPSA) is 24.7 Å². The number of thioether (sulfide) groups is 2. The Labute approximate surface area is 83.9 Å². The quantitative estimate of drug-likeness (QED) is 0.526. The number of thiocarbonyl (C=S) groups is 2. The van der Waals surface area contributed by atoms with Crippen molar-refractivity contribution >= 4 is 58.3 Å². The van der Waals surface area contributed by atoms with E-state index in [1.165, 1.54) is 0 Å². The summed E-state index contributed by atoms with van der Waals surface area (Å²) >= 11 is 12.4. The van der Waals surface area contributed by atoms with Crippen molar-refractivity contribution in [3.05, 3.63) is 0 Å². The predicted molar refractivity (Wildman–Crippen MR) is 57.7 cm³/mol. The standard InChI is InChI=1S/C5H4N2S4/c8-1-6-4-5(7-2-9)11-3-10-4/h4-5H,3H2. The minimum Gasteiger partial charge on any atom is -0.215 e. The van der Waals surface area contributed by atoms with Crippen LogP contribution in [0.5, 0.6) is 0 Å². The zero-order valence-electron chi connectivity index (χ0n) is 5.39. The monoisotopic (exact) mass is 220 g/mol. The summed E-state index contributed by atoms with van der Waals surface area (Å²) in [5.74, 6) is 0. The van der Waals surface area contributed by atoms with E-state index in [1.807, 2.05) is 0 Å². The van der Waals surface area contributed by atoms with Crippen LogP contribution in [0.1, 0.15) is 0 Å². The molecule has 1 aliphatic rings. The number of nitrogens with zero attached hydrogens (tertiary/aromatic N) is 2. The molecule has 0 spiro atoms. The molecule has 2 nitrogen and oxygen atoms in total. The van der Waals surface area contributed by atoms with Crippen LogP contribution in [-0.4, -0.2) is 26.2 Å². The van der Waals surface area contributed by atoms with Crippen molar-refractivity contribution < 1.29 is 0 Å². The van der Waals surface area contributed by atoms with Gasteiger partial charge in [-0.3, -0.25) is 0 Å².